The van der Waals surface area contributed by atoms with Crippen molar-refractivity contribution in [3.8, 4) is 5.69 Å². The third-order valence-electron chi connectivity index (χ3n) is 8.45. The number of carbonyl (C=O) groups excluding carboxylic acids is 4. The number of hydrogen-bond acceptors (Lipinski definition) is 7. The lowest BCUT2D eigenvalue weighted by atomic mass is 9.88. The summed E-state index contributed by atoms with van der Waals surface area (Å²) >= 11 is 0. The quantitative estimate of drug-likeness (QED) is 0.627. The highest BCUT2D eigenvalue weighted by atomic mass is 16.5. The molecule has 36 heavy (non-hydrogen) atoms. The topological polar surface area (TPSA) is 127 Å². The molecule has 1 saturated carbocycles. The molecule has 5 aliphatic rings. The number of likely N-dealkylation sites (tertiary alicyclic amines) is 1. The van der Waals surface area contributed by atoms with Gasteiger partial charge in [0.2, 0.25) is 11.8 Å². The Kier molecular flexibility index (Phi) is 4.63. The standard InChI is InChI=1S/C25H26N6O5/c32-21-5-4-20(22(33)26-21)30-10-14-2-3-16(9-17(14)23(30)34)31-11-19(27-28-31)24(35)29-7-1-6-25(13-29)18-8-15(18)12-36-25/h2-3,9,11,15,18,20H,1,4-8,10,12-13H2,(H,26,32,33)/t15-,18-,20?,25?/m0/s1. The van der Waals surface area contributed by atoms with Gasteiger partial charge < -0.3 is 14.5 Å². The fourth-order valence-corrected chi connectivity index (χ4v) is 6.44. The van der Waals surface area contributed by atoms with Crippen LogP contribution in [0.1, 0.15) is 58.5 Å². The summed E-state index contributed by atoms with van der Waals surface area (Å²) in [6.07, 6.45) is 5.25. The van der Waals surface area contributed by atoms with Crippen molar-refractivity contribution in [2.24, 2.45) is 11.8 Å². The summed E-state index contributed by atoms with van der Waals surface area (Å²) in [4.78, 5) is 53.5. The van der Waals surface area contributed by atoms with Gasteiger partial charge in [0, 0.05) is 25.1 Å². The highest BCUT2D eigenvalue weighted by Gasteiger charge is 2.60. The molecule has 0 bridgehead atoms. The Morgan fingerprint density at radius 2 is 2.11 bits per heavy atom. The number of benzene rings is 1. The second-order valence-corrected chi connectivity index (χ2v) is 10.6. The molecule has 1 spiro atoms. The summed E-state index contributed by atoms with van der Waals surface area (Å²) in [7, 11) is 0. The van der Waals surface area contributed by atoms with Crippen LogP contribution in [0.5, 0.6) is 0 Å². The van der Waals surface area contributed by atoms with Crippen molar-refractivity contribution in [2.75, 3.05) is 19.7 Å². The Hall–Kier alpha value is -3.60. The van der Waals surface area contributed by atoms with E-state index in [1.54, 1.807) is 12.3 Å². The molecular weight excluding hydrogens is 464 g/mol. The molecule has 3 saturated heterocycles. The van der Waals surface area contributed by atoms with Gasteiger partial charge >= 0.3 is 0 Å². The summed E-state index contributed by atoms with van der Waals surface area (Å²) in [5.41, 5.74) is 1.96. The van der Waals surface area contributed by atoms with Crippen molar-refractivity contribution < 1.29 is 23.9 Å². The number of nitrogens with zero attached hydrogens (tertiary/aromatic N) is 5. The fraction of sp³-hybridized carbons (Fsp3) is 0.520. The largest absolute Gasteiger partial charge is 0.373 e. The number of rotatable bonds is 3. The van der Waals surface area contributed by atoms with Crippen LogP contribution < -0.4 is 5.32 Å². The van der Waals surface area contributed by atoms with Gasteiger partial charge in [-0.1, -0.05) is 11.3 Å². The van der Waals surface area contributed by atoms with Crippen molar-refractivity contribution >= 4 is 23.6 Å². The average Bonchev–Trinajstić information content (AvgIpc) is 3.20. The first kappa shape index (κ1) is 21.7. The molecule has 4 amide bonds. The summed E-state index contributed by atoms with van der Waals surface area (Å²) in [6, 6.07) is 4.69. The molecule has 4 fully saturated rings. The van der Waals surface area contributed by atoms with Gasteiger partial charge in [-0.3, -0.25) is 24.5 Å². The fourth-order valence-electron chi connectivity index (χ4n) is 6.44. The van der Waals surface area contributed by atoms with Crippen molar-refractivity contribution in [1.82, 2.24) is 30.1 Å². The molecule has 1 aliphatic carbocycles. The third-order valence-corrected chi connectivity index (χ3v) is 8.45. The molecule has 7 rings (SSSR count). The highest BCUT2D eigenvalue weighted by molar-refractivity contribution is 6.05. The maximum absolute atomic E-state index is 13.2. The first-order valence-electron chi connectivity index (χ1n) is 12.6. The number of nitrogens with one attached hydrogen (secondary N) is 1. The molecule has 0 radical (unpaired) electrons. The van der Waals surface area contributed by atoms with E-state index in [2.05, 4.69) is 15.6 Å². The predicted molar refractivity (Wildman–Crippen MR) is 123 cm³/mol. The number of carbonyl (C=O) groups is 4. The Balaban J connectivity index is 1.08. The summed E-state index contributed by atoms with van der Waals surface area (Å²) in [5, 5.41) is 10.6. The summed E-state index contributed by atoms with van der Waals surface area (Å²) < 4.78 is 7.64. The molecule has 5 heterocycles. The Bertz CT molecular complexity index is 1320. The van der Waals surface area contributed by atoms with E-state index in [-0.39, 0.29) is 35.4 Å². The first-order chi connectivity index (χ1) is 17.4. The third kappa shape index (κ3) is 3.29. The lowest BCUT2D eigenvalue weighted by molar-refractivity contribution is -0.136. The minimum atomic E-state index is -0.663. The van der Waals surface area contributed by atoms with Crippen LogP contribution >= 0.6 is 0 Å². The number of imide groups is 1. The van der Waals surface area contributed by atoms with Crippen LogP contribution in [0.4, 0.5) is 0 Å². The minimum absolute atomic E-state index is 0.158. The molecule has 11 heteroatoms. The number of aromatic nitrogens is 3. The van der Waals surface area contributed by atoms with Crippen LogP contribution in [0.15, 0.2) is 24.4 Å². The molecule has 4 aliphatic heterocycles. The molecule has 2 aromatic rings. The van der Waals surface area contributed by atoms with E-state index in [0.717, 1.165) is 25.0 Å². The molecule has 1 aromatic heterocycles. The molecule has 2 unspecified atom stereocenters. The lowest BCUT2D eigenvalue weighted by Gasteiger charge is -2.40. The maximum atomic E-state index is 13.2. The van der Waals surface area contributed by atoms with E-state index < -0.39 is 11.9 Å². The van der Waals surface area contributed by atoms with Crippen LogP contribution in [-0.4, -0.2) is 79.8 Å². The van der Waals surface area contributed by atoms with Crippen LogP contribution in [0, 0.1) is 11.8 Å². The van der Waals surface area contributed by atoms with Crippen molar-refractivity contribution in [3.05, 3.63) is 41.2 Å². The van der Waals surface area contributed by atoms with Gasteiger partial charge in [-0.2, -0.15) is 0 Å². The zero-order chi connectivity index (χ0) is 24.6. The van der Waals surface area contributed by atoms with Crippen molar-refractivity contribution in [1.29, 1.82) is 0 Å². The minimum Gasteiger partial charge on any atom is -0.373 e. The number of amides is 4. The van der Waals surface area contributed by atoms with Gasteiger partial charge in [0.1, 0.15) is 6.04 Å². The first-order valence-corrected chi connectivity index (χ1v) is 12.6. The van der Waals surface area contributed by atoms with E-state index in [9.17, 15) is 19.2 Å². The van der Waals surface area contributed by atoms with Crippen molar-refractivity contribution in [2.45, 2.75) is 50.3 Å². The SMILES string of the molecule is O=C1CCC(N2Cc3ccc(-n4cc(C(=O)N5CCCC6(C5)OC[C@@H]5C[C@@H]56)nn4)cc3C2=O)C(=O)N1. The normalized spacial score (nSPS) is 31.0. The number of ether oxygens (including phenoxy) is 1. The van der Waals surface area contributed by atoms with Crippen LogP contribution in [0.2, 0.25) is 0 Å². The van der Waals surface area contributed by atoms with Gasteiger partial charge in [0.25, 0.3) is 11.8 Å². The predicted octanol–water partition coefficient (Wildman–Crippen LogP) is 0.669. The molecule has 4 atom stereocenters. The van der Waals surface area contributed by atoms with Crippen LogP contribution in [0.25, 0.3) is 5.69 Å². The van der Waals surface area contributed by atoms with Gasteiger partial charge in [-0.15, -0.1) is 5.10 Å². The van der Waals surface area contributed by atoms with Crippen LogP contribution in [-0.2, 0) is 20.9 Å². The molecule has 11 nitrogen and oxygen atoms in total. The highest BCUT2D eigenvalue weighted by Crippen LogP contribution is 2.57. The second-order valence-electron chi connectivity index (χ2n) is 10.6. The lowest BCUT2D eigenvalue weighted by Crippen LogP contribution is -2.52. The second kappa shape index (κ2) is 7.70. The molecular formula is C25H26N6O5. The maximum Gasteiger partial charge on any atom is 0.276 e. The zero-order valence-electron chi connectivity index (χ0n) is 19.7. The van der Waals surface area contributed by atoms with Crippen molar-refractivity contribution in [3.63, 3.8) is 0 Å². The van der Waals surface area contributed by atoms with Gasteiger partial charge in [-0.05, 0) is 55.2 Å². The average molecular weight is 491 g/mol. The molecule has 186 valence electrons. The monoisotopic (exact) mass is 490 g/mol. The van der Waals surface area contributed by atoms with E-state index in [1.165, 1.54) is 16.0 Å². The smallest absolute Gasteiger partial charge is 0.276 e. The van der Waals surface area contributed by atoms with E-state index in [0.29, 0.717) is 49.1 Å². The van der Waals surface area contributed by atoms with E-state index in [1.807, 2.05) is 17.0 Å². The molecule has 1 aromatic carbocycles. The number of hydrogen-bond donors (Lipinski definition) is 1. The zero-order valence-corrected chi connectivity index (χ0v) is 19.7. The number of piperidine rings is 2. The van der Waals surface area contributed by atoms with E-state index in [4.69, 9.17) is 4.74 Å². The summed E-state index contributed by atoms with van der Waals surface area (Å²) in [5.74, 6) is 0.0701. The van der Waals surface area contributed by atoms with Crippen LogP contribution in [0.3, 0.4) is 0 Å². The summed E-state index contributed by atoms with van der Waals surface area (Å²) in [6.45, 7) is 2.39. The van der Waals surface area contributed by atoms with E-state index >= 15 is 0 Å². The number of fused-ring (bicyclic) bond motifs is 3. The van der Waals surface area contributed by atoms with Gasteiger partial charge in [0.15, 0.2) is 5.69 Å². The Morgan fingerprint density at radius 3 is 2.89 bits per heavy atom. The van der Waals surface area contributed by atoms with Gasteiger partial charge in [0.05, 0.1) is 30.6 Å². The Labute approximate surface area is 206 Å². The Morgan fingerprint density at radius 1 is 1.22 bits per heavy atom. The molecule has 1 N–H and O–H groups in total. The van der Waals surface area contributed by atoms with Gasteiger partial charge in [-0.25, -0.2) is 4.68 Å².